The molecule has 2 amide bonds. The molecule has 2 aliphatic rings. The number of rotatable bonds is 7. The minimum atomic E-state index is -0.00918. The first-order chi connectivity index (χ1) is 11.6. The maximum absolute atomic E-state index is 12.5. The summed E-state index contributed by atoms with van der Waals surface area (Å²) < 4.78 is 5.47. The average Bonchev–Trinajstić information content (AvgIpc) is 2.61. The minimum Gasteiger partial charge on any atom is -0.379 e. The molecule has 2 N–H and O–H groups in total. The van der Waals surface area contributed by atoms with Gasteiger partial charge in [-0.15, -0.1) is 0 Å². The highest BCUT2D eigenvalue weighted by Gasteiger charge is 2.31. The lowest BCUT2D eigenvalue weighted by Gasteiger charge is -2.35. The van der Waals surface area contributed by atoms with Crippen LogP contribution in [0.4, 0.5) is 0 Å². The summed E-state index contributed by atoms with van der Waals surface area (Å²) in [4.78, 5) is 26.6. The molecular formula is C18H33N3O3. The molecule has 0 aliphatic carbocycles. The van der Waals surface area contributed by atoms with Gasteiger partial charge in [-0.05, 0) is 52.5 Å². The van der Waals surface area contributed by atoms with E-state index in [-0.39, 0.29) is 29.9 Å². The molecule has 2 fully saturated rings. The predicted octanol–water partition coefficient (Wildman–Crippen LogP) is 1.30. The van der Waals surface area contributed by atoms with Crippen molar-refractivity contribution in [2.45, 2.75) is 64.5 Å². The highest BCUT2D eigenvalue weighted by molar-refractivity contribution is 5.83. The molecule has 2 heterocycles. The van der Waals surface area contributed by atoms with Gasteiger partial charge in [0.15, 0.2) is 0 Å². The number of carbonyl (C=O) groups is 2. The monoisotopic (exact) mass is 339 g/mol. The van der Waals surface area contributed by atoms with Gasteiger partial charge < -0.3 is 20.3 Å². The third kappa shape index (κ3) is 6.06. The van der Waals surface area contributed by atoms with Crippen molar-refractivity contribution in [3.05, 3.63) is 0 Å². The molecule has 0 aromatic heterocycles. The Morgan fingerprint density at radius 3 is 2.58 bits per heavy atom. The van der Waals surface area contributed by atoms with E-state index >= 15 is 0 Å². The Balaban J connectivity index is 1.62. The molecule has 1 unspecified atom stereocenters. The van der Waals surface area contributed by atoms with Gasteiger partial charge in [0.25, 0.3) is 0 Å². The Kier molecular flexibility index (Phi) is 7.99. The second-order valence-electron chi connectivity index (χ2n) is 7.17. The SMILES string of the molecule is CC(C)OCCCNC(=O)C1CCN(C(=O)C2CCCCN2)CC1. The third-order valence-corrected chi connectivity index (χ3v) is 4.86. The van der Waals surface area contributed by atoms with Gasteiger partial charge in [0.05, 0.1) is 12.1 Å². The van der Waals surface area contributed by atoms with Gasteiger partial charge in [0.2, 0.25) is 11.8 Å². The smallest absolute Gasteiger partial charge is 0.239 e. The lowest BCUT2D eigenvalue weighted by molar-refractivity contribution is -0.137. The highest BCUT2D eigenvalue weighted by atomic mass is 16.5. The Morgan fingerprint density at radius 2 is 1.96 bits per heavy atom. The molecular weight excluding hydrogens is 306 g/mol. The van der Waals surface area contributed by atoms with Crippen molar-refractivity contribution in [2.24, 2.45) is 5.92 Å². The largest absolute Gasteiger partial charge is 0.379 e. The van der Waals surface area contributed by atoms with E-state index in [9.17, 15) is 9.59 Å². The van der Waals surface area contributed by atoms with Crippen LogP contribution in [-0.4, -0.2) is 61.6 Å². The topological polar surface area (TPSA) is 70.7 Å². The van der Waals surface area contributed by atoms with Crippen LogP contribution in [0.15, 0.2) is 0 Å². The number of nitrogens with zero attached hydrogens (tertiary/aromatic N) is 1. The summed E-state index contributed by atoms with van der Waals surface area (Å²) >= 11 is 0. The molecule has 24 heavy (non-hydrogen) atoms. The fourth-order valence-corrected chi connectivity index (χ4v) is 3.39. The summed E-state index contributed by atoms with van der Waals surface area (Å²) in [6.45, 7) is 7.70. The van der Waals surface area contributed by atoms with Crippen molar-refractivity contribution in [2.75, 3.05) is 32.8 Å². The Morgan fingerprint density at radius 1 is 1.21 bits per heavy atom. The van der Waals surface area contributed by atoms with Crippen molar-refractivity contribution in [3.8, 4) is 0 Å². The molecule has 0 aromatic rings. The number of hydrogen-bond donors (Lipinski definition) is 2. The summed E-state index contributed by atoms with van der Waals surface area (Å²) in [6.07, 6.45) is 5.85. The van der Waals surface area contributed by atoms with Crippen molar-refractivity contribution >= 4 is 11.8 Å². The summed E-state index contributed by atoms with van der Waals surface area (Å²) in [5.74, 6) is 0.390. The molecule has 6 heteroatoms. The van der Waals surface area contributed by atoms with Gasteiger partial charge in [0.1, 0.15) is 0 Å². The first kappa shape index (κ1) is 19.2. The van der Waals surface area contributed by atoms with E-state index in [1.54, 1.807) is 0 Å². The second-order valence-corrected chi connectivity index (χ2v) is 7.17. The van der Waals surface area contributed by atoms with Gasteiger partial charge in [0, 0.05) is 32.2 Å². The normalized spacial score (nSPS) is 22.6. The molecule has 6 nitrogen and oxygen atoms in total. The zero-order valence-corrected chi connectivity index (χ0v) is 15.2. The maximum Gasteiger partial charge on any atom is 0.239 e. The first-order valence-electron chi connectivity index (χ1n) is 9.49. The Labute approximate surface area is 145 Å². The van der Waals surface area contributed by atoms with E-state index < -0.39 is 0 Å². The molecule has 2 rings (SSSR count). The van der Waals surface area contributed by atoms with Crippen molar-refractivity contribution in [1.29, 1.82) is 0 Å². The number of likely N-dealkylation sites (tertiary alicyclic amines) is 1. The van der Waals surface area contributed by atoms with Crippen LogP contribution in [0.5, 0.6) is 0 Å². The number of piperidine rings is 2. The lowest BCUT2D eigenvalue weighted by Crippen LogP contribution is -2.51. The van der Waals surface area contributed by atoms with Crippen molar-refractivity contribution < 1.29 is 14.3 Å². The summed E-state index contributed by atoms with van der Waals surface area (Å²) in [5.41, 5.74) is 0. The standard InChI is InChI=1S/C18H33N3O3/c1-14(2)24-13-5-10-20-17(22)15-7-11-21(12-8-15)18(23)16-6-3-4-9-19-16/h14-16,19H,3-13H2,1-2H3,(H,20,22). The van der Waals surface area contributed by atoms with Crippen LogP contribution in [0, 0.1) is 5.92 Å². The Bertz CT molecular complexity index is 400. The second kappa shape index (κ2) is 9.99. The van der Waals surface area contributed by atoms with E-state index in [0.29, 0.717) is 26.2 Å². The third-order valence-electron chi connectivity index (χ3n) is 4.86. The van der Waals surface area contributed by atoms with E-state index in [1.165, 1.54) is 0 Å². The molecule has 0 bridgehead atoms. The molecule has 2 aliphatic heterocycles. The zero-order chi connectivity index (χ0) is 17.4. The fourth-order valence-electron chi connectivity index (χ4n) is 3.39. The fraction of sp³-hybridized carbons (Fsp3) is 0.889. The number of nitrogens with one attached hydrogen (secondary N) is 2. The molecule has 2 saturated heterocycles. The molecule has 1 atom stereocenters. The molecule has 0 aromatic carbocycles. The number of carbonyl (C=O) groups excluding carboxylic acids is 2. The molecule has 0 saturated carbocycles. The molecule has 138 valence electrons. The minimum absolute atomic E-state index is 0.00918. The Hall–Kier alpha value is -1.14. The predicted molar refractivity (Wildman–Crippen MR) is 93.7 cm³/mol. The number of amides is 2. The van der Waals surface area contributed by atoms with Gasteiger partial charge >= 0.3 is 0 Å². The van der Waals surface area contributed by atoms with Crippen LogP contribution in [0.3, 0.4) is 0 Å². The van der Waals surface area contributed by atoms with Gasteiger partial charge in [-0.2, -0.15) is 0 Å². The van der Waals surface area contributed by atoms with Crippen LogP contribution in [0.2, 0.25) is 0 Å². The summed E-state index contributed by atoms with van der Waals surface area (Å²) in [7, 11) is 0. The van der Waals surface area contributed by atoms with Gasteiger partial charge in [-0.25, -0.2) is 0 Å². The van der Waals surface area contributed by atoms with E-state index in [1.807, 2.05) is 18.7 Å². The van der Waals surface area contributed by atoms with Crippen LogP contribution in [0.1, 0.15) is 52.4 Å². The van der Waals surface area contributed by atoms with E-state index in [0.717, 1.165) is 45.1 Å². The maximum atomic E-state index is 12.5. The van der Waals surface area contributed by atoms with Crippen LogP contribution in [0.25, 0.3) is 0 Å². The highest BCUT2D eigenvalue weighted by Crippen LogP contribution is 2.19. The quantitative estimate of drug-likeness (QED) is 0.686. The van der Waals surface area contributed by atoms with E-state index in [2.05, 4.69) is 10.6 Å². The van der Waals surface area contributed by atoms with Gasteiger partial charge in [-0.3, -0.25) is 9.59 Å². The van der Waals surface area contributed by atoms with Crippen LogP contribution < -0.4 is 10.6 Å². The van der Waals surface area contributed by atoms with Crippen LogP contribution >= 0.6 is 0 Å². The number of ether oxygens (including phenoxy) is 1. The molecule has 0 radical (unpaired) electrons. The van der Waals surface area contributed by atoms with Crippen molar-refractivity contribution in [1.82, 2.24) is 15.5 Å². The average molecular weight is 339 g/mol. The summed E-state index contributed by atoms with van der Waals surface area (Å²) in [6, 6.07) is -0.00918. The van der Waals surface area contributed by atoms with Crippen LogP contribution in [-0.2, 0) is 14.3 Å². The van der Waals surface area contributed by atoms with Gasteiger partial charge in [-0.1, -0.05) is 6.42 Å². The number of hydrogen-bond acceptors (Lipinski definition) is 4. The lowest BCUT2D eigenvalue weighted by atomic mass is 9.94. The first-order valence-corrected chi connectivity index (χ1v) is 9.49. The zero-order valence-electron chi connectivity index (χ0n) is 15.2. The van der Waals surface area contributed by atoms with E-state index in [4.69, 9.17) is 4.74 Å². The molecule has 0 spiro atoms. The summed E-state index contributed by atoms with van der Waals surface area (Å²) in [5, 5.41) is 6.31. The van der Waals surface area contributed by atoms with Crippen molar-refractivity contribution in [3.63, 3.8) is 0 Å².